The molecule has 39 heavy (non-hydrogen) atoms. The number of carbonyl (C=O) groups excluding carboxylic acids is 2. The van der Waals surface area contributed by atoms with E-state index in [9.17, 15) is 9.59 Å². The summed E-state index contributed by atoms with van der Waals surface area (Å²) in [5, 5.41) is 6.09. The zero-order chi connectivity index (χ0) is 26.9. The topological polar surface area (TPSA) is 105 Å². The van der Waals surface area contributed by atoms with Crippen molar-refractivity contribution in [3.63, 3.8) is 0 Å². The maximum atomic E-state index is 13.0. The normalized spacial score (nSPS) is 17.2. The number of aromatic nitrogens is 4. The van der Waals surface area contributed by atoms with Gasteiger partial charge in [-0.25, -0.2) is 15.0 Å². The Morgan fingerprint density at radius 3 is 2.54 bits per heavy atom. The third kappa shape index (κ3) is 4.87. The molecule has 1 saturated heterocycles. The number of imidazole rings is 1. The highest BCUT2D eigenvalue weighted by molar-refractivity contribution is 6.04. The lowest BCUT2D eigenvalue weighted by molar-refractivity contribution is -0.125. The van der Waals surface area contributed by atoms with Gasteiger partial charge in [0.05, 0.1) is 11.2 Å². The monoisotopic (exact) mass is 521 g/mol. The van der Waals surface area contributed by atoms with E-state index in [0.717, 1.165) is 29.0 Å². The first-order valence-electron chi connectivity index (χ1n) is 13.4. The van der Waals surface area contributed by atoms with E-state index >= 15 is 0 Å². The molecule has 4 heterocycles. The summed E-state index contributed by atoms with van der Waals surface area (Å²) in [5.41, 5.74) is 4.54. The van der Waals surface area contributed by atoms with Gasteiger partial charge in [0, 0.05) is 49.6 Å². The summed E-state index contributed by atoms with van der Waals surface area (Å²) in [6.07, 6.45) is 10.1. The average Bonchev–Trinajstić information content (AvgIpc) is 3.57. The molecule has 198 valence electrons. The molecule has 1 aliphatic carbocycles. The van der Waals surface area contributed by atoms with Gasteiger partial charge >= 0.3 is 0 Å². The van der Waals surface area contributed by atoms with Crippen molar-refractivity contribution in [2.45, 2.75) is 38.0 Å². The van der Waals surface area contributed by atoms with Gasteiger partial charge in [-0.05, 0) is 74.1 Å². The van der Waals surface area contributed by atoms with Crippen LogP contribution in [0.4, 0.5) is 11.8 Å². The lowest BCUT2D eigenvalue weighted by Crippen LogP contribution is -2.26. The standard InChI is InChI=1S/C30H31N7O2/c1-3-4-26(38)36-16-13-23(18-36)27-24-12-15-33-30(31-2)37(24)28(35-27)20-7-9-21(10-8-20)29(39)34-25-17-22(11-14-32-25)19-5-6-19/h3-4,7-12,14-15,17,19,23H,5-6,13,16,18H2,1-2H3,(H,31,33)(H,32,34,39). The van der Waals surface area contributed by atoms with Crippen molar-refractivity contribution < 1.29 is 9.59 Å². The third-order valence-electron chi connectivity index (χ3n) is 7.48. The Morgan fingerprint density at radius 1 is 1.00 bits per heavy atom. The molecule has 0 bridgehead atoms. The maximum absolute atomic E-state index is 13.0. The molecule has 1 aromatic carbocycles. The van der Waals surface area contributed by atoms with Crippen molar-refractivity contribution in [2.75, 3.05) is 30.8 Å². The Bertz CT molecular complexity index is 1570. The Hall–Kier alpha value is -4.53. The number of nitrogens with zero attached hydrogens (tertiary/aromatic N) is 5. The van der Waals surface area contributed by atoms with Crippen molar-refractivity contribution >= 4 is 29.1 Å². The van der Waals surface area contributed by atoms with Crippen LogP contribution in [0.25, 0.3) is 16.9 Å². The lowest BCUT2D eigenvalue weighted by atomic mass is 10.0. The second-order valence-corrected chi connectivity index (χ2v) is 10.1. The molecule has 2 fully saturated rings. The zero-order valence-corrected chi connectivity index (χ0v) is 22.1. The van der Waals surface area contributed by atoms with Crippen molar-refractivity contribution in [1.29, 1.82) is 0 Å². The van der Waals surface area contributed by atoms with E-state index in [1.54, 1.807) is 36.7 Å². The highest BCUT2D eigenvalue weighted by Crippen LogP contribution is 2.40. The summed E-state index contributed by atoms with van der Waals surface area (Å²) >= 11 is 0. The Morgan fingerprint density at radius 2 is 1.79 bits per heavy atom. The fraction of sp³-hybridized carbons (Fsp3) is 0.300. The van der Waals surface area contributed by atoms with Gasteiger partial charge in [0.25, 0.3) is 5.91 Å². The van der Waals surface area contributed by atoms with Gasteiger partial charge in [-0.2, -0.15) is 0 Å². The number of likely N-dealkylation sites (tertiary alicyclic amines) is 1. The predicted molar refractivity (Wildman–Crippen MR) is 151 cm³/mol. The summed E-state index contributed by atoms with van der Waals surface area (Å²) in [4.78, 5) is 41.1. The second-order valence-electron chi connectivity index (χ2n) is 10.1. The first-order chi connectivity index (χ1) is 19.1. The van der Waals surface area contributed by atoms with Gasteiger partial charge in [-0.1, -0.05) is 18.2 Å². The minimum absolute atomic E-state index is 0.0321. The smallest absolute Gasteiger partial charge is 0.256 e. The first-order valence-corrected chi connectivity index (χ1v) is 13.4. The van der Waals surface area contributed by atoms with Gasteiger partial charge in [-0.15, -0.1) is 0 Å². The molecule has 0 radical (unpaired) electrons. The molecule has 3 aromatic heterocycles. The van der Waals surface area contributed by atoms with Crippen LogP contribution in [-0.4, -0.2) is 56.2 Å². The van der Waals surface area contributed by atoms with Gasteiger partial charge < -0.3 is 15.5 Å². The number of carbonyl (C=O) groups is 2. The van der Waals surface area contributed by atoms with E-state index in [0.29, 0.717) is 36.3 Å². The SMILES string of the molecule is CC=CC(=O)N1CCC(c2nc(-c3ccc(C(=O)Nc4cc(C5CC5)ccn4)cc3)n3c(NC)nccc23)C1. The highest BCUT2D eigenvalue weighted by atomic mass is 16.2. The number of nitrogens with one attached hydrogen (secondary N) is 2. The van der Waals surface area contributed by atoms with E-state index < -0.39 is 0 Å². The number of benzene rings is 1. The number of pyridine rings is 1. The predicted octanol–water partition coefficient (Wildman–Crippen LogP) is 4.85. The molecule has 1 aliphatic heterocycles. The van der Waals surface area contributed by atoms with Gasteiger partial charge in [0.1, 0.15) is 11.6 Å². The van der Waals surface area contributed by atoms with E-state index in [2.05, 4.69) is 20.6 Å². The fourth-order valence-electron chi connectivity index (χ4n) is 5.31. The molecule has 0 spiro atoms. The van der Waals surface area contributed by atoms with Crippen LogP contribution < -0.4 is 10.6 Å². The van der Waals surface area contributed by atoms with Crippen LogP contribution in [0, 0.1) is 0 Å². The second kappa shape index (κ2) is 10.3. The molecule has 6 rings (SSSR count). The number of rotatable bonds is 7. The number of fused-ring (bicyclic) bond motifs is 1. The van der Waals surface area contributed by atoms with E-state index in [4.69, 9.17) is 4.98 Å². The van der Waals surface area contributed by atoms with Gasteiger partial charge in [0.15, 0.2) is 0 Å². The Labute approximate surface area is 227 Å². The van der Waals surface area contributed by atoms with E-state index in [-0.39, 0.29) is 17.7 Å². The van der Waals surface area contributed by atoms with Crippen LogP contribution >= 0.6 is 0 Å². The minimum Gasteiger partial charge on any atom is -0.358 e. The van der Waals surface area contributed by atoms with Gasteiger partial charge in [0.2, 0.25) is 11.9 Å². The number of hydrogen-bond donors (Lipinski definition) is 2. The molecule has 1 saturated carbocycles. The summed E-state index contributed by atoms with van der Waals surface area (Å²) in [6.45, 7) is 3.18. The largest absolute Gasteiger partial charge is 0.358 e. The molecule has 9 nitrogen and oxygen atoms in total. The van der Waals surface area contributed by atoms with E-state index in [1.165, 1.54) is 18.4 Å². The van der Waals surface area contributed by atoms with Crippen LogP contribution in [0.1, 0.15) is 59.6 Å². The molecule has 2 amide bonds. The van der Waals surface area contributed by atoms with E-state index in [1.807, 2.05) is 53.6 Å². The summed E-state index contributed by atoms with van der Waals surface area (Å²) in [7, 11) is 1.83. The minimum atomic E-state index is -0.204. The lowest BCUT2D eigenvalue weighted by Gasteiger charge is -2.13. The number of amides is 2. The molecule has 4 aromatic rings. The average molecular weight is 522 g/mol. The molecule has 1 unspecified atom stereocenters. The fourth-order valence-corrected chi connectivity index (χ4v) is 5.31. The molecule has 2 N–H and O–H groups in total. The molecule has 1 atom stereocenters. The summed E-state index contributed by atoms with van der Waals surface area (Å²) in [6, 6.07) is 13.4. The van der Waals surface area contributed by atoms with Crippen LogP contribution in [0.15, 0.2) is 67.0 Å². The number of hydrogen-bond acceptors (Lipinski definition) is 6. The molecule has 9 heteroatoms. The van der Waals surface area contributed by atoms with Crippen LogP contribution in [0.5, 0.6) is 0 Å². The van der Waals surface area contributed by atoms with Crippen LogP contribution in [0.3, 0.4) is 0 Å². The first kappa shape index (κ1) is 24.8. The Kier molecular flexibility index (Phi) is 6.56. The highest BCUT2D eigenvalue weighted by Gasteiger charge is 2.31. The summed E-state index contributed by atoms with van der Waals surface area (Å²) < 4.78 is 2.01. The Balaban J connectivity index is 1.28. The maximum Gasteiger partial charge on any atom is 0.256 e. The number of allylic oxidation sites excluding steroid dienone is 1. The quantitative estimate of drug-likeness (QED) is 0.337. The van der Waals surface area contributed by atoms with Crippen LogP contribution in [0.2, 0.25) is 0 Å². The third-order valence-corrected chi connectivity index (χ3v) is 7.48. The zero-order valence-electron chi connectivity index (χ0n) is 22.1. The van der Waals surface area contributed by atoms with Crippen molar-refractivity contribution in [2.24, 2.45) is 0 Å². The molecular weight excluding hydrogens is 490 g/mol. The molecular formula is C30H31N7O2. The van der Waals surface area contributed by atoms with Crippen molar-refractivity contribution in [3.8, 4) is 11.4 Å². The van der Waals surface area contributed by atoms with Crippen molar-refractivity contribution in [1.82, 2.24) is 24.3 Å². The molecule has 2 aliphatic rings. The summed E-state index contributed by atoms with van der Waals surface area (Å²) in [5.74, 6) is 2.52. The van der Waals surface area contributed by atoms with Crippen LogP contribution in [-0.2, 0) is 4.79 Å². The number of anilines is 2. The van der Waals surface area contributed by atoms with Gasteiger partial charge in [-0.3, -0.25) is 14.0 Å². The van der Waals surface area contributed by atoms with Crippen molar-refractivity contribution in [3.05, 3.63) is 83.8 Å².